The van der Waals surface area contributed by atoms with Crippen molar-refractivity contribution in [3.8, 4) is 28.2 Å². The van der Waals surface area contributed by atoms with Gasteiger partial charge in [0.15, 0.2) is 32.7 Å². The summed E-state index contributed by atoms with van der Waals surface area (Å²) in [7, 11) is -8.56. The third-order valence-corrected chi connectivity index (χ3v) is 16.3. The van der Waals surface area contributed by atoms with Gasteiger partial charge in [-0.1, -0.05) is 38.2 Å². The molecule has 0 bridgehead atoms. The van der Waals surface area contributed by atoms with Crippen molar-refractivity contribution in [2.75, 3.05) is 59.4 Å². The molecule has 7 rings (SSSR count). The van der Waals surface area contributed by atoms with Gasteiger partial charge >= 0.3 is 11.9 Å². The standard InChI is InChI=1S/C51H54F3N5O17S3/c52-43-44(53)48(47(45(54)46(43)58-78(70)71)56-27-6-4-2-1-3-5-7-27)79(72,73)21-15-39(62)55-16-18-75-20-19-74-17-14-40(63)57-35(51(68)69)26-77-38-25-41(64)59(49(38)65)28-8-11-31(34(22-28)50(66)67)42-32-12-9-29(60)23-36(32)76-37-24-30(61)10-13-33(37)42/h8-13,22-24,27,35,38,56,60,78H,1-7,14-21,25-26H2,(H,55,62)(H,57,63)(H,66,67)(H,68,69)(H,58,70,71). The average Bonchev–Trinajstić information content (AvgIpc) is 3.71. The molecule has 79 heavy (non-hydrogen) atoms. The summed E-state index contributed by atoms with van der Waals surface area (Å²) >= 11 is 0.804. The first kappa shape index (κ1) is 59.4. The number of amides is 4. The summed E-state index contributed by atoms with van der Waals surface area (Å²) < 4.78 is 114. The van der Waals surface area contributed by atoms with Gasteiger partial charge in [0.25, 0.3) is 0 Å². The van der Waals surface area contributed by atoms with Crippen LogP contribution in [0.25, 0.3) is 33.4 Å². The van der Waals surface area contributed by atoms with Crippen LogP contribution < -0.4 is 31.0 Å². The van der Waals surface area contributed by atoms with E-state index in [9.17, 15) is 70.1 Å². The number of aromatic hydroxyl groups is 1. The Labute approximate surface area is 454 Å². The van der Waals surface area contributed by atoms with E-state index in [-0.39, 0.29) is 90.9 Å². The topological polar surface area (TPSA) is 331 Å². The van der Waals surface area contributed by atoms with Gasteiger partial charge in [0, 0.05) is 66.2 Å². The van der Waals surface area contributed by atoms with Gasteiger partial charge in [0.2, 0.25) is 34.5 Å². The Hall–Kier alpha value is -7.27. The third kappa shape index (κ3) is 14.7. The molecule has 0 aromatic heterocycles. The molecule has 2 atom stereocenters. The maximum Gasteiger partial charge on any atom is 0.336 e. The maximum atomic E-state index is 15.7. The van der Waals surface area contributed by atoms with Crippen molar-refractivity contribution in [2.24, 2.45) is 0 Å². The molecular weight excluding hydrogens is 1110 g/mol. The number of carbonyl (C=O) groups excluding carboxylic acids is 4. The first-order valence-electron chi connectivity index (χ1n) is 24.8. The van der Waals surface area contributed by atoms with Crippen LogP contribution in [-0.4, -0.2) is 130 Å². The SMILES string of the molecule is O=C(CCS(=O)(=O)c1c(F)c(F)c(N[SH](=O)=O)c(F)c1NC1CCCCCCC1)NCCOCCOCCC(=O)NC(CSC1CC(=O)N(c2ccc(-c3c4ccc(=O)cc-4oc4cc(O)ccc34)c(C(=O)O)c2)C1=O)C(=O)O. The van der Waals surface area contributed by atoms with E-state index >= 15 is 8.78 Å². The number of carboxylic acids is 2. The number of sulfone groups is 1. The third-order valence-electron chi connectivity index (χ3n) is 12.9. The summed E-state index contributed by atoms with van der Waals surface area (Å²) in [5, 5.41) is 37.1. The second-order valence-electron chi connectivity index (χ2n) is 18.4. The normalized spacial score (nSPS) is 15.7. The highest BCUT2D eigenvalue weighted by Gasteiger charge is 2.41. The number of imide groups is 1. The van der Waals surface area contributed by atoms with Crippen LogP contribution >= 0.6 is 11.8 Å². The van der Waals surface area contributed by atoms with Crippen molar-refractivity contribution in [1.29, 1.82) is 0 Å². The van der Waals surface area contributed by atoms with Gasteiger partial charge in [-0.25, -0.2) is 44.5 Å². The van der Waals surface area contributed by atoms with Gasteiger partial charge < -0.3 is 45.2 Å². The zero-order valence-electron chi connectivity index (χ0n) is 41.9. The lowest BCUT2D eigenvalue weighted by atomic mass is 9.90. The fourth-order valence-electron chi connectivity index (χ4n) is 9.10. The van der Waals surface area contributed by atoms with Gasteiger partial charge in [-0.3, -0.25) is 28.7 Å². The fourth-order valence-corrected chi connectivity index (χ4v) is 12.1. The molecule has 3 aromatic rings. The lowest BCUT2D eigenvalue weighted by molar-refractivity contribution is -0.141. The van der Waals surface area contributed by atoms with Gasteiger partial charge in [0.1, 0.15) is 33.7 Å². The maximum absolute atomic E-state index is 15.7. The number of fused-ring (bicyclic) bond motifs is 2. The quantitative estimate of drug-likeness (QED) is 0.0123. The van der Waals surface area contributed by atoms with Crippen LogP contribution in [-0.2, 0) is 54.2 Å². The Morgan fingerprint density at radius 2 is 1.51 bits per heavy atom. The number of hydrogen-bond donors (Lipinski definition) is 8. The van der Waals surface area contributed by atoms with E-state index in [1.54, 1.807) is 0 Å². The smallest absolute Gasteiger partial charge is 0.336 e. The Balaban J connectivity index is 0.838. The molecule has 28 heteroatoms. The number of anilines is 3. The number of carboxylic acid groups (broad SMARTS) is 2. The number of halogens is 3. The number of aliphatic carboxylic acids is 1. The Morgan fingerprint density at radius 3 is 2.20 bits per heavy atom. The number of carbonyl (C=O) groups is 6. The summed E-state index contributed by atoms with van der Waals surface area (Å²) in [6.07, 6.45) is 3.55. The van der Waals surface area contributed by atoms with Crippen molar-refractivity contribution >= 4 is 96.1 Å². The number of thiol groups is 1. The number of nitrogens with one attached hydrogen (secondary N) is 4. The van der Waals surface area contributed by atoms with E-state index < -0.39 is 120 Å². The van der Waals surface area contributed by atoms with Gasteiger partial charge in [-0.15, -0.1) is 11.8 Å². The molecule has 1 saturated carbocycles. The van der Waals surface area contributed by atoms with E-state index in [1.165, 1.54) is 53.3 Å². The number of hydrogen-bond acceptors (Lipinski definition) is 17. The highest BCUT2D eigenvalue weighted by molar-refractivity contribution is 8.00. The molecule has 4 amide bonds. The average molecular weight is 1160 g/mol. The molecule has 2 aliphatic heterocycles. The molecular formula is C51H54F3N5O17S3. The molecule has 424 valence electrons. The Morgan fingerprint density at radius 1 is 0.810 bits per heavy atom. The number of phenolic OH excluding ortho intramolecular Hbond substituents is 1. The largest absolute Gasteiger partial charge is 0.508 e. The molecule has 0 radical (unpaired) electrons. The highest BCUT2D eigenvalue weighted by Crippen LogP contribution is 2.44. The molecule has 2 unspecified atom stereocenters. The summed E-state index contributed by atoms with van der Waals surface area (Å²) in [4.78, 5) is 88.7. The van der Waals surface area contributed by atoms with E-state index in [0.717, 1.165) is 42.0 Å². The lowest BCUT2D eigenvalue weighted by Gasteiger charge is -2.25. The van der Waals surface area contributed by atoms with E-state index in [2.05, 4.69) is 16.0 Å². The monoisotopic (exact) mass is 1160 g/mol. The molecule has 22 nitrogen and oxygen atoms in total. The van der Waals surface area contributed by atoms with Crippen LogP contribution in [0.3, 0.4) is 0 Å². The molecule has 0 spiro atoms. The molecule has 2 heterocycles. The number of aromatic carboxylic acids is 1. The first-order chi connectivity index (χ1) is 37.6. The number of rotatable bonds is 25. The number of ether oxygens (including phenoxy) is 2. The highest BCUT2D eigenvalue weighted by atomic mass is 32.2. The molecule has 2 aliphatic carbocycles. The Bertz CT molecular complexity index is 3380. The van der Waals surface area contributed by atoms with E-state index in [0.29, 0.717) is 42.2 Å². The van der Waals surface area contributed by atoms with Gasteiger partial charge in [-0.2, -0.15) is 0 Å². The van der Waals surface area contributed by atoms with Crippen molar-refractivity contribution < 1.29 is 88.0 Å². The second kappa shape index (κ2) is 26.6. The second-order valence-corrected chi connectivity index (χ2v) is 22.4. The molecule has 2 fully saturated rings. The molecule has 4 aliphatic rings. The molecule has 7 N–H and O–H groups in total. The summed E-state index contributed by atoms with van der Waals surface area (Å²) in [6, 6.07) is 10.0. The van der Waals surface area contributed by atoms with Crippen LogP contribution in [0.5, 0.6) is 5.75 Å². The predicted molar refractivity (Wildman–Crippen MR) is 282 cm³/mol. The van der Waals surface area contributed by atoms with Crippen LogP contribution in [0.4, 0.5) is 30.2 Å². The van der Waals surface area contributed by atoms with Crippen LogP contribution in [0.15, 0.2) is 68.7 Å². The van der Waals surface area contributed by atoms with Gasteiger partial charge in [-0.05, 0) is 54.8 Å². The number of benzene rings is 4. The number of nitrogens with zero attached hydrogens (tertiary/aromatic N) is 1. The van der Waals surface area contributed by atoms with Crippen LogP contribution in [0, 0.1) is 17.5 Å². The summed E-state index contributed by atoms with van der Waals surface area (Å²) in [6.45, 7) is -0.500. The molecule has 3 aromatic carbocycles. The fraction of sp³-hybridized carbons (Fsp3) is 0.392. The number of thioether (sulfide) groups is 1. The summed E-state index contributed by atoms with van der Waals surface area (Å²) in [5.41, 5.74) is -2.09. The van der Waals surface area contributed by atoms with E-state index in [4.69, 9.17) is 13.9 Å². The van der Waals surface area contributed by atoms with Crippen molar-refractivity contribution in [3.05, 3.63) is 87.8 Å². The van der Waals surface area contributed by atoms with Crippen molar-refractivity contribution in [3.63, 3.8) is 0 Å². The van der Waals surface area contributed by atoms with Crippen LogP contribution in [0.2, 0.25) is 0 Å². The van der Waals surface area contributed by atoms with Crippen molar-refractivity contribution in [2.45, 2.75) is 86.4 Å². The minimum atomic E-state index is -4.89. The lowest BCUT2D eigenvalue weighted by Crippen LogP contribution is -2.43. The minimum absolute atomic E-state index is 0.0416. The first-order valence-corrected chi connectivity index (χ1v) is 28.6. The number of phenols is 1. The van der Waals surface area contributed by atoms with Crippen molar-refractivity contribution in [1.82, 2.24) is 10.6 Å². The minimum Gasteiger partial charge on any atom is -0.508 e. The Kier molecular flexibility index (Phi) is 20.0. The van der Waals surface area contributed by atoms with Gasteiger partial charge in [0.05, 0.1) is 54.4 Å². The zero-order valence-corrected chi connectivity index (χ0v) is 44.4. The predicted octanol–water partition coefficient (Wildman–Crippen LogP) is 5.19. The van der Waals surface area contributed by atoms with Crippen LogP contribution in [0.1, 0.15) is 74.6 Å². The van der Waals surface area contributed by atoms with E-state index in [1.807, 2.05) is 0 Å². The summed E-state index contributed by atoms with van der Waals surface area (Å²) in [5.74, 6) is -13.0. The molecule has 1 saturated heterocycles. The zero-order chi connectivity index (χ0) is 57.1.